The van der Waals surface area contributed by atoms with E-state index >= 15 is 0 Å². The Bertz CT molecular complexity index is 748. The Morgan fingerprint density at radius 1 is 1.27 bits per heavy atom. The lowest BCUT2D eigenvalue weighted by molar-refractivity contribution is 0.415. The van der Waals surface area contributed by atoms with E-state index in [1.807, 2.05) is 24.3 Å². The molecule has 2 heterocycles. The lowest BCUT2D eigenvalue weighted by Gasteiger charge is -2.14. The summed E-state index contributed by atoms with van der Waals surface area (Å²) in [5.41, 5.74) is 8.38. The first-order valence-electron chi connectivity index (χ1n) is 7.00. The highest BCUT2D eigenvalue weighted by atomic mass is 32.2. The van der Waals surface area contributed by atoms with Gasteiger partial charge in [0.15, 0.2) is 5.17 Å². The number of benzene rings is 1. The van der Waals surface area contributed by atoms with Crippen molar-refractivity contribution in [3.63, 3.8) is 0 Å². The third kappa shape index (κ3) is 3.17. The molecule has 0 spiro atoms. The van der Waals surface area contributed by atoms with Gasteiger partial charge in [0, 0.05) is 28.8 Å². The minimum atomic E-state index is 0.793. The maximum atomic E-state index is 5.21. The monoisotopic (exact) mass is 314 g/mol. The van der Waals surface area contributed by atoms with Crippen LogP contribution in [0.15, 0.2) is 40.4 Å². The summed E-state index contributed by atoms with van der Waals surface area (Å²) in [7, 11) is 1.65. The van der Waals surface area contributed by atoms with Gasteiger partial charge in [-0.05, 0) is 32.0 Å². The van der Waals surface area contributed by atoms with Crippen molar-refractivity contribution in [3.05, 3.63) is 47.3 Å². The van der Waals surface area contributed by atoms with E-state index in [-0.39, 0.29) is 0 Å². The summed E-state index contributed by atoms with van der Waals surface area (Å²) in [4.78, 5) is 7.86. The molecule has 0 amide bonds. The highest BCUT2D eigenvalue weighted by molar-refractivity contribution is 8.14. The Morgan fingerprint density at radius 2 is 2.14 bits per heavy atom. The van der Waals surface area contributed by atoms with Crippen LogP contribution in [0.25, 0.3) is 0 Å². The number of hydrazone groups is 1. The largest absolute Gasteiger partial charge is 0.497 e. The lowest BCUT2D eigenvalue weighted by atomic mass is 10.1. The molecule has 3 rings (SSSR count). The summed E-state index contributed by atoms with van der Waals surface area (Å²) in [6.45, 7) is 4.12. The molecular formula is C16H18N4OS. The lowest BCUT2D eigenvalue weighted by Crippen LogP contribution is -2.25. The van der Waals surface area contributed by atoms with Crippen LogP contribution in [0.1, 0.15) is 17.0 Å². The normalized spacial score (nSPS) is 16.3. The summed E-state index contributed by atoms with van der Waals surface area (Å²) < 4.78 is 5.21. The van der Waals surface area contributed by atoms with Crippen molar-refractivity contribution >= 4 is 28.3 Å². The second-order valence-corrected chi connectivity index (χ2v) is 6.03. The number of amidine groups is 1. The van der Waals surface area contributed by atoms with E-state index < -0.39 is 0 Å². The van der Waals surface area contributed by atoms with Gasteiger partial charge in [0.2, 0.25) is 0 Å². The summed E-state index contributed by atoms with van der Waals surface area (Å²) >= 11 is 1.65. The van der Waals surface area contributed by atoms with Gasteiger partial charge in [-0.25, -0.2) is 4.99 Å². The molecule has 6 heteroatoms. The molecule has 0 fully saturated rings. The summed E-state index contributed by atoms with van der Waals surface area (Å²) in [5, 5.41) is 5.25. The topological polar surface area (TPSA) is 61.8 Å². The first-order valence-corrected chi connectivity index (χ1v) is 7.99. The van der Waals surface area contributed by atoms with Crippen molar-refractivity contribution in [2.24, 2.45) is 10.1 Å². The molecule has 5 nitrogen and oxygen atoms in total. The maximum Gasteiger partial charge on any atom is 0.182 e. The number of hydrogen-bond donors (Lipinski definition) is 2. The number of ether oxygens (including phenoxy) is 1. The molecule has 0 unspecified atom stereocenters. The number of aromatic nitrogens is 1. The fraction of sp³-hybridized carbons (Fsp3) is 0.250. The van der Waals surface area contributed by atoms with Crippen molar-refractivity contribution < 1.29 is 4.74 Å². The maximum absolute atomic E-state index is 5.21. The third-order valence-electron chi connectivity index (χ3n) is 3.38. The third-order valence-corrected chi connectivity index (χ3v) is 4.25. The molecule has 0 saturated heterocycles. The van der Waals surface area contributed by atoms with Crippen molar-refractivity contribution in [3.8, 4) is 5.75 Å². The number of aromatic amines is 1. The molecule has 2 N–H and O–H groups in total. The highest BCUT2D eigenvalue weighted by Gasteiger charge is 2.16. The Morgan fingerprint density at radius 3 is 2.77 bits per heavy atom. The van der Waals surface area contributed by atoms with Crippen LogP contribution in [0.5, 0.6) is 5.75 Å². The highest BCUT2D eigenvalue weighted by Crippen LogP contribution is 2.23. The van der Waals surface area contributed by atoms with Gasteiger partial charge in [-0.1, -0.05) is 17.8 Å². The van der Waals surface area contributed by atoms with Crippen molar-refractivity contribution in [2.75, 3.05) is 12.9 Å². The van der Waals surface area contributed by atoms with E-state index in [1.165, 1.54) is 0 Å². The predicted molar refractivity (Wildman–Crippen MR) is 92.5 cm³/mol. The molecule has 0 saturated carbocycles. The standard InChI is InChI=1S/C16H18N4OS/c1-10-7-14(11(2)17-10)15-9-22-16(20-19-15)18-12-5-4-6-13(8-12)21-3/h4-8,17H,9H2,1-3H3,(H,18,20). The summed E-state index contributed by atoms with van der Waals surface area (Å²) in [5.74, 6) is 1.60. The second kappa shape index (κ2) is 6.27. The van der Waals surface area contributed by atoms with Gasteiger partial charge in [0.1, 0.15) is 5.75 Å². The number of hydrogen-bond acceptors (Lipinski definition) is 4. The number of nitrogens with zero attached hydrogens (tertiary/aromatic N) is 2. The van der Waals surface area contributed by atoms with Gasteiger partial charge in [-0.15, -0.1) is 0 Å². The Kier molecular flexibility index (Phi) is 4.20. The molecule has 1 aromatic heterocycles. The molecule has 22 heavy (non-hydrogen) atoms. The van der Waals surface area contributed by atoms with Crippen LogP contribution < -0.4 is 10.2 Å². The molecule has 0 aliphatic carbocycles. The van der Waals surface area contributed by atoms with E-state index in [0.717, 1.165) is 45.0 Å². The number of aliphatic imine (C=N–C) groups is 1. The van der Waals surface area contributed by atoms with Crippen LogP contribution >= 0.6 is 11.8 Å². The molecule has 0 bridgehead atoms. The van der Waals surface area contributed by atoms with Crippen LogP contribution in [-0.4, -0.2) is 28.7 Å². The predicted octanol–water partition coefficient (Wildman–Crippen LogP) is 3.37. The molecule has 1 aliphatic heterocycles. The number of rotatable bonds is 3. The van der Waals surface area contributed by atoms with Crippen molar-refractivity contribution in [1.82, 2.24) is 10.4 Å². The van der Waals surface area contributed by atoms with Crippen LogP contribution in [-0.2, 0) is 0 Å². The fourth-order valence-electron chi connectivity index (χ4n) is 2.33. The smallest absolute Gasteiger partial charge is 0.182 e. The van der Waals surface area contributed by atoms with Gasteiger partial charge in [0.05, 0.1) is 18.5 Å². The fourth-order valence-corrected chi connectivity index (χ4v) is 3.11. The zero-order valence-corrected chi connectivity index (χ0v) is 13.6. The quantitative estimate of drug-likeness (QED) is 0.913. The van der Waals surface area contributed by atoms with E-state index in [4.69, 9.17) is 4.74 Å². The molecular weight excluding hydrogens is 296 g/mol. The molecule has 0 atom stereocenters. The molecule has 1 aromatic carbocycles. The van der Waals surface area contributed by atoms with Crippen LogP contribution in [0.4, 0.5) is 5.69 Å². The van der Waals surface area contributed by atoms with Crippen LogP contribution in [0.3, 0.4) is 0 Å². The zero-order valence-electron chi connectivity index (χ0n) is 12.8. The number of thioether (sulfide) groups is 1. The molecule has 2 aromatic rings. The number of aryl methyl sites for hydroxylation is 2. The summed E-state index contributed by atoms with van der Waals surface area (Å²) in [6.07, 6.45) is 0. The minimum Gasteiger partial charge on any atom is -0.497 e. The van der Waals surface area contributed by atoms with Crippen molar-refractivity contribution in [1.29, 1.82) is 0 Å². The zero-order chi connectivity index (χ0) is 15.5. The van der Waals surface area contributed by atoms with Crippen LogP contribution in [0.2, 0.25) is 0 Å². The Hall–Kier alpha value is -2.21. The SMILES string of the molecule is COc1cccc(N=C2NN=C(c3cc(C)[nH]c3C)CS2)c1. The van der Waals surface area contributed by atoms with Gasteiger partial charge in [-0.2, -0.15) is 5.10 Å². The Labute approximate surface area is 133 Å². The van der Waals surface area contributed by atoms with E-state index in [1.54, 1.807) is 18.9 Å². The van der Waals surface area contributed by atoms with Crippen LogP contribution in [0, 0.1) is 13.8 Å². The van der Waals surface area contributed by atoms with E-state index in [9.17, 15) is 0 Å². The van der Waals surface area contributed by atoms with Gasteiger partial charge < -0.3 is 9.72 Å². The molecule has 0 radical (unpaired) electrons. The molecule has 1 aliphatic rings. The summed E-state index contributed by atoms with van der Waals surface area (Å²) in [6, 6.07) is 9.79. The van der Waals surface area contributed by atoms with E-state index in [0.29, 0.717) is 0 Å². The number of nitrogens with one attached hydrogen (secondary N) is 2. The minimum absolute atomic E-state index is 0.793. The Balaban J connectivity index is 1.77. The second-order valence-electron chi connectivity index (χ2n) is 5.07. The average molecular weight is 314 g/mol. The average Bonchev–Trinajstić information content (AvgIpc) is 2.87. The number of H-pyrrole nitrogens is 1. The van der Waals surface area contributed by atoms with Gasteiger partial charge in [-0.3, -0.25) is 5.43 Å². The van der Waals surface area contributed by atoms with Gasteiger partial charge >= 0.3 is 0 Å². The number of methoxy groups -OCH3 is 1. The van der Waals surface area contributed by atoms with Gasteiger partial charge in [0.25, 0.3) is 0 Å². The first-order chi connectivity index (χ1) is 10.7. The first kappa shape index (κ1) is 14.7. The van der Waals surface area contributed by atoms with E-state index in [2.05, 4.69) is 40.4 Å². The van der Waals surface area contributed by atoms with Crippen molar-refractivity contribution in [2.45, 2.75) is 13.8 Å². The molecule has 114 valence electrons.